The molecule has 0 aliphatic carbocycles. The first-order chi connectivity index (χ1) is 7.77. The van der Waals surface area contributed by atoms with Gasteiger partial charge in [-0.15, -0.1) is 4.99 Å². The summed E-state index contributed by atoms with van der Waals surface area (Å²) in [5.74, 6) is -0.197. The van der Waals surface area contributed by atoms with Crippen LogP contribution in [0.3, 0.4) is 0 Å². The number of hydrogen-bond donors (Lipinski definition) is 4. The van der Waals surface area contributed by atoms with Crippen LogP contribution in [0.2, 0.25) is 0 Å². The predicted octanol–water partition coefficient (Wildman–Crippen LogP) is -0.744. The Morgan fingerprint density at radius 3 is 2.00 bits per heavy atom. The van der Waals surface area contributed by atoms with E-state index in [0.29, 0.717) is 5.69 Å². The Morgan fingerprint density at radius 1 is 1.29 bits per heavy atom. The molecule has 1 rings (SSSR count). The minimum absolute atomic E-state index is 0.147. The van der Waals surface area contributed by atoms with E-state index < -0.39 is 10.1 Å². The average molecular weight is 257 g/mol. The summed E-state index contributed by atoms with van der Waals surface area (Å²) in [7, 11) is -4.08. The maximum atomic E-state index is 10.5. The Morgan fingerprint density at radius 2 is 1.76 bits per heavy atom. The number of nitriles is 1. The van der Waals surface area contributed by atoms with Crippen LogP contribution < -0.4 is 17.2 Å². The fraction of sp³-hybridized carbons (Fsp3) is 0. The van der Waals surface area contributed by atoms with Crippen LogP contribution in [0.4, 0.5) is 5.69 Å². The summed E-state index contributed by atoms with van der Waals surface area (Å²) in [5, 5.41) is 7.64. The fourth-order valence-electron chi connectivity index (χ4n) is 0.698. The topological polar surface area (TPSA) is 169 Å². The summed E-state index contributed by atoms with van der Waals surface area (Å²) in [5.41, 5.74) is 15.2. The number of aliphatic imine (C=N–C) groups is 1. The molecule has 0 bridgehead atoms. The van der Waals surface area contributed by atoms with Gasteiger partial charge in [0.25, 0.3) is 10.1 Å². The molecule has 8 nitrogen and oxygen atoms in total. The fourth-order valence-corrected chi connectivity index (χ4v) is 1.18. The van der Waals surface area contributed by atoms with Gasteiger partial charge in [0.05, 0.1) is 4.90 Å². The van der Waals surface area contributed by atoms with Crippen molar-refractivity contribution in [3.05, 3.63) is 24.3 Å². The molecule has 0 heterocycles. The largest absolute Gasteiger partial charge is 0.399 e. The lowest BCUT2D eigenvalue weighted by Crippen LogP contribution is -2.21. The molecule has 0 atom stereocenters. The monoisotopic (exact) mass is 257 g/mol. The number of benzene rings is 1. The van der Waals surface area contributed by atoms with Crippen LogP contribution in [-0.4, -0.2) is 18.9 Å². The number of hydrogen-bond acceptors (Lipinski definition) is 5. The van der Waals surface area contributed by atoms with Crippen molar-refractivity contribution in [1.82, 2.24) is 0 Å². The summed E-state index contributed by atoms with van der Waals surface area (Å²) in [4.78, 5) is 2.76. The van der Waals surface area contributed by atoms with E-state index in [1.807, 2.05) is 0 Å². The summed E-state index contributed by atoms with van der Waals surface area (Å²) in [6, 6.07) is 5.29. The van der Waals surface area contributed by atoms with E-state index in [4.69, 9.17) is 27.0 Å². The van der Waals surface area contributed by atoms with Gasteiger partial charge >= 0.3 is 0 Å². The third-order valence-electron chi connectivity index (χ3n) is 1.36. The summed E-state index contributed by atoms with van der Waals surface area (Å²) in [6.07, 6.45) is 1.41. The van der Waals surface area contributed by atoms with Gasteiger partial charge in [0.15, 0.2) is 0 Å². The predicted molar refractivity (Wildman–Crippen MR) is 62.1 cm³/mol. The highest BCUT2D eigenvalue weighted by Gasteiger charge is 2.06. The SMILES string of the molecule is N#CN=C(N)N.Nc1ccc(S(=O)(=O)O)cc1. The van der Waals surface area contributed by atoms with Gasteiger partial charge in [-0.2, -0.15) is 13.7 Å². The van der Waals surface area contributed by atoms with Gasteiger partial charge in [-0.05, 0) is 24.3 Å². The highest BCUT2D eigenvalue weighted by Crippen LogP contribution is 2.10. The lowest BCUT2D eigenvalue weighted by molar-refractivity contribution is 0.483. The van der Waals surface area contributed by atoms with E-state index in [1.54, 1.807) is 0 Å². The lowest BCUT2D eigenvalue weighted by atomic mass is 10.3. The van der Waals surface area contributed by atoms with Crippen molar-refractivity contribution in [3.8, 4) is 6.19 Å². The van der Waals surface area contributed by atoms with Gasteiger partial charge in [0.2, 0.25) is 12.2 Å². The van der Waals surface area contributed by atoms with E-state index in [1.165, 1.54) is 30.5 Å². The maximum Gasteiger partial charge on any atom is 0.294 e. The highest BCUT2D eigenvalue weighted by molar-refractivity contribution is 7.85. The average Bonchev–Trinajstić information content (AvgIpc) is 2.17. The van der Waals surface area contributed by atoms with Crippen molar-refractivity contribution >= 4 is 21.8 Å². The van der Waals surface area contributed by atoms with Gasteiger partial charge in [-0.25, -0.2) is 0 Å². The van der Waals surface area contributed by atoms with Gasteiger partial charge in [0, 0.05) is 5.69 Å². The number of nitrogen functional groups attached to an aromatic ring is 1. The van der Waals surface area contributed by atoms with Crippen molar-refractivity contribution in [3.63, 3.8) is 0 Å². The Bertz CT molecular complexity index is 525. The molecule has 0 saturated heterocycles. The molecule has 7 N–H and O–H groups in total. The second-order valence-electron chi connectivity index (χ2n) is 2.68. The zero-order valence-electron chi connectivity index (χ0n) is 8.61. The van der Waals surface area contributed by atoms with Crippen LogP contribution in [0.1, 0.15) is 0 Å². The molecule has 0 radical (unpaired) electrons. The first kappa shape index (κ1) is 14.7. The Hall–Kier alpha value is -2.31. The van der Waals surface area contributed by atoms with E-state index >= 15 is 0 Å². The maximum absolute atomic E-state index is 10.5. The molecule has 0 spiro atoms. The normalized spacial score (nSPS) is 9.41. The molecule has 1 aromatic carbocycles. The second kappa shape index (κ2) is 6.31. The van der Waals surface area contributed by atoms with Crippen molar-refractivity contribution in [1.29, 1.82) is 5.26 Å². The lowest BCUT2D eigenvalue weighted by Gasteiger charge is -1.95. The standard InChI is InChI=1S/C6H7NO3S.C2H4N4/c7-5-1-3-6(4-2-5)11(8,9)10;3-1-6-2(4)5/h1-4H,7H2,(H,8,9,10);(H4,4,5,6). The molecule has 0 fully saturated rings. The third kappa shape index (κ3) is 6.72. The van der Waals surface area contributed by atoms with E-state index in [9.17, 15) is 8.42 Å². The molecule has 0 aliphatic heterocycles. The first-order valence-corrected chi connectivity index (χ1v) is 5.52. The van der Waals surface area contributed by atoms with Crippen molar-refractivity contribution in [2.24, 2.45) is 16.5 Å². The van der Waals surface area contributed by atoms with Gasteiger partial charge < -0.3 is 17.2 Å². The first-order valence-electron chi connectivity index (χ1n) is 4.08. The molecule has 9 heteroatoms. The molecule has 1 aromatic rings. The van der Waals surface area contributed by atoms with Gasteiger partial charge in [0.1, 0.15) is 0 Å². The number of nitrogens with zero attached hydrogens (tertiary/aromatic N) is 2. The van der Waals surface area contributed by atoms with Crippen LogP contribution in [-0.2, 0) is 10.1 Å². The smallest absolute Gasteiger partial charge is 0.294 e. The van der Waals surface area contributed by atoms with Crippen LogP contribution in [0.25, 0.3) is 0 Å². The Kier molecular flexibility index (Phi) is 5.45. The van der Waals surface area contributed by atoms with Gasteiger partial charge in [-0.1, -0.05) is 0 Å². The minimum Gasteiger partial charge on any atom is -0.399 e. The van der Waals surface area contributed by atoms with Crippen molar-refractivity contribution in [2.75, 3.05) is 5.73 Å². The molecule has 0 aromatic heterocycles. The van der Waals surface area contributed by atoms with Crippen molar-refractivity contribution in [2.45, 2.75) is 4.90 Å². The summed E-state index contributed by atoms with van der Waals surface area (Å²) < 4.78 is 29.4. The summed E-state index contributed by atoms with van der Waals surface area (Å²) in [6.45, 7) is 0. The summed E-state index contributed by atoms with van der Waals surface area (Å²) >= 11 is 0. The molecule has 0 aliphatic rings. The minimum atomic E-state index is -4.08. The molecule has 0 unspecified atom stereocenters. The van der Waals surface area contributed by atoms with Crippen LogP contribution in [0, 0.1) is 11.5 Å². The van der Waals surface area contributed by atoms with E-state index in [2.05, 4.69) is 4.99 Å². The Balaban J connectivity index is 0.000000366. The third-order valence-corrected chi connectivity index (χ3v) is 2.22. The quantitative estimate of drug-likeness (QED) is 0.169. The molecule has 92 valence electrons. The zero-order chi connectivity index (χ0) is 13.5. The molecular weight excluding hydrogens is 246 g/mol. The number of nitrogens with two attached hydrogens (primary N) is 3. The Labute approximate surface area is 98.1 Å². The van der Waals surface area contributed by atoms with Gasteiger partial charge in [-0.3, -0.25) is 4.55 Å². The molecular formula is C8H11N5O3S. The molecule has 0 amide bonds. The highest BCUT2D eigenvalue weighted by atomic mass is 32.2. The van der Waals surface area contributed by atoms with Crippen LogP contribution in [0.15, 0.2) is 34.2 Å². The number of rotatable bonds is 1. The van der Waals surface area contributed by atoms with E-state index in [-0.39, 0.29) is 10.9 Å². The zero-order valence-corrected chi connectivity index (χ0v) is 9.42. The van der Waals surface area contributed by atoms with E-state index in [0.717, 1.165) is 0 Å². The van der Waals surface area contributed by atoms with Crippen molar-refractivity contribution < 1.29 is 13.0 Å². The molecule has 17 heavy (non-hydrogen) atoms. The van der Waals surface area contributed by atoms with Crippen LogP contribution in [0.5, 0.6) is 0 Å². The number of guanidine groups is 1. The van der Waals surface area contributed by atoms with Crippen LogP contribution >= 0.6 is 0 Å². The molecule has 0 saturated carbocycles. The number of anilines is 1. The second-order valence-corrected chi connectivity index (χ2v) is 4.10.